The molecule has 0 amide bonds. The lowest BCUT2D eigenvalue weighted by Gasteiger charge is -2.07. The Balaban J connectivity index is 1.59. The van der Waals surface area contributed by atoms with Crippen LogP contribution in [0.4, 0.5) is 0 Å². The number of nitrogens with zero attached hydrogens (tertiary/aromatic N) is 1. The van der Waals surface area contributed by atoms with Crippen molar-refractivity contribution in [3.05, 3.63) is 108 Å². The van der Waals surface area contributed by atoms with Gasteiger partial charge in [0.05, 0.1) is 27.2 Å². The zero-order valence-electron chi connectivity index (χ0n) is 15.8. The molecule has 0 unspecified atom stereocenters. The van der Waals surface area contributed by atoms with Crippen LogP contribution in [-0.2, 0) is 0 Å². The third-order valence-electron chi connectivity index (χ3n) is 5.09. The second-order valence-electron chi connectivity index (χ2n) is 7.08. The number of aromatic nitrogens is 2. The molecule has 0 saturated heterocycles. The van der Waals surface area contributed by atoms with Crippen molar-refractivity contribution in [3.8, 4) is 17.2 Å². The summed E-state index contributed by atoms with van der Waals surface area (Å²) in [5.41, 5.74) is -0.751. The van der Waals surface area contributed by atoms with Gasteiger partial charge in [0, 0.05) is 0 Å². The van der Waals surface area contributed by atoms with E-state index in [-0.39, 0.29) is 21.5 Å². The van der Waals surface area contributed by atoms with Crippen LogP contribution in [0.25, 0.3) is 27.2 Å². The number of fused-ring (bicyclic) bond motifs is 2. The van der Waals surface area contributed by atoms with Crippen molar-refractivity contribution in [1.82, 2.24) is 9.55 Å². The molecule has 7 heteroatoms. The molecule has 0 aliphatic carbocycles. The Kier molecular flexibility index (Phi) is 3.79. The normalized spacial score (nSPS) is 11.4. The predicted octanol–water partition coefficient (Wildman–Crippen LogP) is 2.53. The average molecular weight is 398 g/mol. The lowest BCUT2D eigenvalue weighted by Crippen LogP contribution is -2.23. The van der Waals surface area contributed by atoms with Gasteiger partial charge < -0.3 is 4.74 Å². The van der Waals surface area contributed by atoms with E-state index in [1.807, 2.05) is 31.2 Å². The van der Waals surface area contributed by atoms with Gasteiger partial charge in [-0.3, -0.25) is 24.2 Å². The molecule has 0 bridgehead atoms. The molecule has 2 aromatic heterocycles. The van der Waals surface area contributed by atoms with E-state index < -0.39 is 22.2 Å². The average Bonchev–Trinajstić information content (AvgIpc) is 3.16. The summed E-state index contributed by atoms with van der Waals surface area (Å²) in [6.07, 6.45) is 0. The molecule has 0 atom stereocenters. The molecule has 30 heavy (non-hydrogen) atoms. The van der Waals surface area contributed by atoms with Crippen LogP contribution in [0, 0.1) is 6.92 Å². The van der Waals surface area contributed by atoms with E-state index in [2.05, 4.69) is 4.98 Å². The number of H-pyrrole nitrogens is 1. The molecule has 0 aliphatic heterocycles. The maximum absolute atomic E-state index is 12.9. The van der Waals surface area contributed by atoms with E-state index in [0.717, 1.165) is 10.1 Å². The quantitative estimate of drug-likeness (QED) is 0.504. The minimum atomic E-state index is -0.575. The van der Waals surface area contributed by atoms with Gasteiger partial charge in [-0.1, -0.05) is 17.7 Å². The van der Waals surface area contributed by atoms with Gasteiger partial charge in [-0.05, 0) is 55.5 Å². The van der Waals surface area contributed by atoms with Gasteiger partial charge >= 0.3 is 0 Å². The van der Waals surface area contributed by atoms with E-state index in [1.165, 1.54) is 12.1 Å². The maximum Gasteiger partial charge on any atom is 0.266 e. The fourth-order valence-electron chi connectivity index (χ4n) is 3.54. The van der Waals surface area contributed by atoms with Gasteiger partial charge in [0.25, 0.3) is 22.2 Å². The molecular weight excluding hydrogens is 384 g/mol. The Bertz CT molecular complexity index is 1560. The van der Waals surface area contributed by atoms with Crippen molar-refractivity contribution in [3.63, 3.8) is 0 Å². The number of rotatable bonds is 3. The van der Waals surface area contributed by atoms with Crippen molar-refractivity contribution < 1.29 is 4.74 Å². The van der Waals surface area contributed by atoms with E-state index in [0.29, 0.717) is 17.2 Å². The highest BCUT2D eigenvalue weighted by Crippen LogP contribution is 2.23. The number of ether oxygens (including phenoxy) is 1. The monoisotopic (exact) mass is 398 g/mol. The molecule has 0 saturated carbocycles. The van der Waals surface area contributed by atoms with Crippen LogP contribution < -0.4 is 27.0 Å². The number of benzene rings is 3. The van der Waals surface area contributed by atoms with Crippen LogP contribution in [-0.4, -0.2) is 9.55 Å². The molecule has 5 aromatic rings. The Hall–Kier alpha value is -4.26. The van der Waals surface area contributed by atoms with E-state index >= 15 is 0 Å². The second kappa shape index (κ2) is 6.38. The lowest BCUT2D eigenvalue weighted by molar-refractivity contribution is 0.482. The Morgan fingerprint density at radius 1 is 0.667 bits per heavy atom. The highest BCUT2D eigenvalue weighted by atomic mass is 16.5. The highest BCUT2D eigenvalue weighted by Gasteiger charge is 2.18. The van der Waals surface area contributed by atoms with Crippen molar-refractivity contribution in [1.29, 1.82) is 0 Å². The van der Waals surface area contributed by atoms with Crippen LogP contribution >= 0.6 is 0 Å². The first kappa shape index (κ1) is 17.8. The summed E-state index contributed by atoms with van der Waals surface area (Å²) >= 11 is 0. The first-order valence-corrected chi connectivity index (χ1v) is 9.19. The molecule has 5 rings (SSSR count). The summed E-state index contributed by atoms with van der Waals surface area (Å²) in [4.78, 5) is 51.6. The van der Waals surface area contributed by atoms with Crippen LogP contribution in [0.2, 0.25) is 0 Å². The minimum Gasteiger partial charge on any atom is -0.457 e. The largest absolute Gasteiger partial charge is 0.457 e. The fraction of sp³-hybridized carbons (Fsp3) is 0.0435. The van der Waals surface area contributed by atoms with Crippen molar-refractivity contribution in [2.24, 2.45) is 0 Å². The number of hydrogen-bond donors (Lipinski definition) is 1. The number of aryl methyl sites for hydroxylation is 1. The zero-order chi connectivity index (χ0) is 21.0. The predicted molar refractivity (Wildman–Crippen MR) is 114 cm³/mol. The molecule has 0 spiro atoms. The molecular formula is C23H14N2O5. The van der Waals surface area contributed by atoms with Crippen molar-refractivity contribution in [2.45, 2.75) is 6.92 Å². The summed E-state index contributed by atoms with van der Waals surface area (Å²) < 4.78 is 6.80. The third-order valence-corrected chi connectivity index (χ3v) is 5.09. The van der Waals surface area contributed by atoms with Crippen LogP contribution in [0.5, 0.6) is 11.5 Å². The molecule has 3 aromatic carbocycles. The smallest absolute Gasteiger partial charge is 0.266 e. The number of aromatic amines is 1. The van der Waals surface area contributed by atoms with Crippen LogP contribution in [0.3, 0.4) is 0 Å². The van der Waals surface area contributed by atoms with Gasteiger partial charge in [0.1, 0.15) is 11.5 Å². The van der Waals surface area contributed by atoms with Gasteiger partial charge in [-0.25, -0.2) is 4.57 Å². The van der Waals surface area contributed by atoms with E-state index in [9.17, 15) is 19.2 Å². The van der Waals surface area contributed by atoms with Gasteiger partial charge in [-0.2, -0.15) is 0 Å². The lowest BCUT2D eigenvalue weighted by atomic mass is 10.1. The molecule has 1 N–H and O–H groups in total. The first-order chi connectivity index (χ1) is 14.4. The summed E-state index contributed by atoms with van der Waals surface area (Å²) in [6.45, 7) is 1.98. The molecule has 146 valence electrons. The maximum atomic E-state index is 12.9. The highest BCUT2D eigenvalue weighted by molar-refractivity contribution is 5.97. The third kappa shape index (κ3) is 2.68. The molecule has 0 fully saturated rings. The minimum absolute atomic E-state index is 0.101. The summed E-state index contributed by atoms with van der Waals surface area (Å²) in [6, 6.07) is 16.7. The molecule has 2 heterocycles. The summed E-state index contributed by atoms with van der Waals surface area (Å²) in [5.74, 6) is 1.23. The van der Waals surface area contributed by atoms with Crippen LogP contribution in [0.15, 0.2) is 79.8 Å². The summed E-state index contributed by atoms with van der Waals surface area (Å²) in [7, 11) is 0. The van der Waals surface area contributed by atoms with E-state index in [4.69, 9.17) is 4.74 Å². The standard InChI is InChI=1S/C23H14N2O5/c1-12-2-6-14(7-3-12)30-15-8-4-13(5-9-15)25-22(28)18-10-16-17(11-19(18)23(25)29)21(27)24-20(16)26/h2-11H,1H3,(H,24,26,27). The van der Waals surface area contributed by atoms with Crippen LogP contribution in [0.1, 0.15) is 5.56 Å². The topological polar surface area (TPSA) is 98.2 Å². The number of nitrogens with one attached hydrogen (secondary N) is 1. The first-order valence-electron chi connectivity index (χ1n) is 9.19. The summed E-state index contributed by atoms with van der Waals surface area (Å²) in [5, 5.41) is 0.402. The van der Waals surface area contributed by atoms with Gasteiger partial charge in [0.2, 0.25) is 0 Å². The zero-order valence-corrected chi connectivity index (χ0v) is 15.8. The van der Waals surface area contributed by atoms with Gasteiger partial charge in [-0.15, -0.1) is 0 Å². The Labute approximate surface area is 168 Å². The second-order valence-corrected chi connectivity index (χ2v) is 7.08. The van der Waals surface area contributed by atoms with Crippen molar-refractivity contribution in [2.75, 3.05) is 0 Å². The Morgan fingerprint density at radius 3 is 1.63 bits per heavy atom. The SMILES string of the molecule is Cc1ccc(Oc2ccc(-n3c(=O)c4cc5c(=O)[nH]c(=O)c5cc4c3=O)cc2)cc1. The fourth-order valence-corrected chi connectivity index (χ4v) is 3.54. The molecule has 0 aliphatic rings. The Morgan fingerprint density at radius 2 is 1.13 bits per heavy atom. The number of hydrogen-bond acceptors (Lipinski definition) is 5. The van der Waals surface area contributed by atoms with Crippen molar-refractivity contribution >= 4 is 21.5 Å². The van der Waals surface area contributed by atoms with E-state index in [1.54, 1.807) is 24.3 Å². The van der Waals surface area contributed by atoms with Gasteiger partial charge in [0.15, 0.2) is 0 Å². The molecule has 0 radical (unpaired) electrons. The molecule has 7 nitrogen and oxygen atoms in total.